The van der Waals surface area contributed by atoms with Gasteiger partial charge in [-0.1, -0.05) is 151 Å². The lowest BCUT2D eigenvalue weighted by Crippen LogP contribution is -2.55. The average molecular weight is 1240 g/mol. The van der Waals surface area contributed by atoms with E-state index in [1.807, 2.05) is 97.9 Å². The highest BCUT2D eigenvalue weighted by Crippen LogP contribution is 2.51. The van der Waals surface area contributed by atoms with Gasteiger partial charge >= 0.3 is 16.4 Å². The van der Waals surface area contributed by atoms with Crippen LogP contribution < -0.4 is 21.3 Å². The van der Waals surface area contributed by atoms with E-state index in [0.29, 0.717) is 5.56 Å². The van der Waals surface area contributed by atoms with Crippen molar-refractivity contribution in [3.8, 4) is 6.07 Å². The van der Waals surface area contributed by atoms with E-state index in [9.17, 15) is 24.2 Å². The highest BCUT2D eigenvalue weighted by molar-refractivity contribution is 7.51. The van der Waals surface area contributed by atoms with Gasteiger partial charge in [0.15, 0.2) is 42.7 Å². The van der Waals surface area contributed by atoms with Gasteiger partial charge in [0.1, 0.15) is 36.4 Å². The molecule has 1 amide bonds. The van der Waals surface area contributed by atoms with Gasteiger partial charge in [0.05, 0.1) is 69.1 Å². The molecular weight excluding hydrogens is 1170 g/mol. The van der Waals surface area contributed by atoms with E-state index in [4.69, 9.17) is 32.5 Å². The standard InChI is InChI=1S/C61H70N12O11P2Si/c1-38(2)44(74)32-47-67-55-51(57(76)68-47)66-37-73(55)58-39(3)48(70-61(41-24-15-10-16-25-41,42-26-17-11-18-27-42)43-28-19-12-20-29-43)46(82-58)34-81-86(78,80-31-21-30-62)71-49-45(33-79-85-77)83-59(52(49)84-87(7,8)60(4,5)6)72-36-65-50-53(63-35-64-54(50)72)69-56(75)40-22-13-9-14-23-40/h9-20,22-29,35-39,45-46,48-49,52,58-59,70H,21,31-34H2,1-8H3,(H,71,78)(H,67,68,76)(H,63,64,69,75)/t39-,45-,46-,48+,49-,52-,58-,59-,86?/m1/s1. The first-order valence-corrected chi connectivity index (χ1v) is 33.9. The third-order valence-electron chi connectivity index (χ3n) is 16.4. The lowest BCUT2D eigenvalue weighted by atomic mass is 9.75. The second kappa shape index (κ2) is 26.5. The number of fused-ring (bicyclic) bond motifs is 2. The number of benzene rings is 4. The van der Waals surface area contributed by atoms with Crippen LogP contribution >= 0.6 is 16.4 Å². The Hall–Kier alpha value is -7.36. The van der Waals surface area contributed by atoms with Crippen LogP contribution in [0, 0.1) is 23.2 Å². The maximum atomic E-state index is 16.1. The zero-order valence-corrected chi connectivity index (χ0v) is 52.3. The number of aromatic amines is 1. The number of nitrogens with zero attached hydrogens (tertiary/aromatic N) is 8. The molecule has 2 aliphatic heterocycles. The molecular formula is C61H70N12O11P2Si. The van der Waals surface area contributed by atoms with Gasteiger partial charge in [0.2, 0.25) is 0 Å². The van der Waals surface area contributed by atoms with E-state index in [-0.39, 0.29) is 76.8 Å². The SMILES string of the molecule is CC(C)C(=O)Cc1nc2c(ncn2[C@@H]2O[C@H](COP(=O)(N[C@H]3[C@@H](O[Si](C)(C)C(C)(C)C)[C@H](n4cnc5c(NC(=O)c6ccccc6)ncnc54)O[C@@H]3COP=O)OCCC#N)[C@@H](NC(c3ccccc3)(c3ccccc3)c3ccccc3)[C@H]2C)c(=O)[nH]1. The molecule has 23 nitrogen and oxygen atoms in total. The lowest BCUT2D eigenvalue weighted by molar-refractivity contribution is -0.121. The number of ketones is 1. The normalized spacial score (nSPS) is 21.6. The third-order valence-corrected chi connectivity index (χ3v) is 22.8. The summed E-state index contributed by atoms with van der Waals surface area (Å²) in [6, 6.07) is 38.9. The number of carbonyl (C=O) groups is 2. The zero-order valence-electron chi connectivity index (χ0n) is 49.5. The van der Waals surface area contributed by atoms with Crippen LogP contribution in [0.5, 0.6) is 0 Å². The Morgan fingerprint density at radius 3 is 1.95 bits per heavy atom. The summed E-state index contributed by atoms with van der Waals surface area (Å²) in [7, 11) is -8.20. The Labute approximate surface area is 506 Å². The van der Waals surface area contributed by atoms with E-state index in [2.05, 4.69) is 80.6 Å². The van der Waals surface area contributed by atoms with Crippen molar-refractivity contribution in [3.63, 3.8) is 0 Å². The van der Waals surface area contributed by atoms with Crippen LogP contribution in [-0.4, -0.2) is 109 Å². The number of nitriles is 1. The molecule has 4 aromatic heterocycles. The van der Waals surface area contributed by atoms with Crippen LogP contribution in [0.1, 0.15) is 93.3 Å². The molecule has 0 aliphatic carbocycles. The molecule has 1 unspecified atom stereocenters. The molecule has 0 spiro atoms. The first kappa shape index (κ1) is 62.7. The molecule has 9 atom stereocenters. The number of rotatable bonds is 25. The average Bonchev–Trinajstić information content (AvgIpc) is 1.93. The molecule has 0 radical (unpaired) electrons. The molecule has 0 bridgehead atoms. The van der Waals surface area contributed by atoms with Gasteiger partial charge < -0.3 is 24.2 Å². The summed E-state index contributed by atoms with van der Waals surface area (Å²) in [6.45, 7) is 14.8. The van der Waals surface area contributed by atoms with Crippen molar-refractivity contribution in [2.75, 3.05) is 25.1 Å². The van der Waals surface area contributed by atoms with E-state index in [1.165, 1.54) is 19.0 Å². The molecule has 8 aromatic rings. The monoisotopic (exact) mass is 1240 g/mol. The van der Waals surface area contributed by atoms with Gasteiger partial charge in [-0.2, -0.15) is 5.26 Å². The maximum absolute atomic E-state index is 16.1. The summed E-state index contributed by atoms with van der Waals surface area (Å²) < 4.78 is 71.4. The van der Waals surface area contributed by atoms with Gasteiger partial charge in [0.25, 0.3) is 11.5 Å². The van der Waals surface area contributed by atoms with Crippen LogP contribution in [0.2, 0.25) is 18.1 Å². The summed E-state index contributed by atoms with van der Waals surface area (Å²) in [6.07, 6.45) is -1.14. The quantitative estimate of drug-likeness (QED) is 0.0179. The number of ether oxygens (including phenoxy) is 2. The Kier molecular flexibility index (Phi) is 19.1. The highest BCUT2D eigenvalue weighted by atomic mass is 31.2. The minimum Gasteiger partial charge on any atom is -0.408 e. The first-order valence-electron chi connectivity index (χ1n) is 28.7. The molecule has 87 heavy (non-hydrogen) atoms. The number of nitrogens with one attached hydrogen (secondary N) is 4. The predicted octanol–water partition coefficient (Wildman–Crippen LogP) is 9.99. The van der Waals surface area contributed by atoms with Crippen molar-refractivity contribution in [2.45, 2.75) is 121 Å². The molecule has 2 fully saturated rings. The minimum absolute atomic E-state index is 0.0375. The summed E-state index contributed by atoms with van der Waals surface area (Å²) >= 11 is 0. The van der Waals surface area contributed by atoms with E-state index in [1.54, 1.807) is 53.3 Å². The number of H-pyrrole nitrogens is 1. The molecule has 6 heterocycles. The smallest absolute Gasteiger partial charge is 0.406 e. The number of hydrogen-bond acceptors (Lipinski definition) is 18. The van der Waals surface area contributed by atoms with Gasteiger partial charge in [-0.3, -0.25) is 42.4 Å². The Morgan fingerprint density at radius 1 is 0.793 bits per heavy atom. The van der Waals surface area contributed by atoms with E-state index >= 15 is 4.57 Å². The van der Waals surface area contributed by atoms with Crippen molar-refractivity contribution >= 4 is 64.6 Å². The number of anilines is 1. The highest BCUT2D eigenvalue weighted by Gasteiger charge is 2.55. The molecule has 4 N–H and O–H groups in total. The fourth-order valence-corrected chi connectivity index (χ4v) is 13.9. The number of imidazole rings is 2. The van der Waals surface area contributed by atoms with Crippen molar-refractivity contribution < 1.29 is 46.2 Å². The van der Waals surface area contributed by atoms with Crippen molar-refractivity contribution in [3.05, 3.63) is 179 Å². The van der Waals surface area contributed by atoms with Crippen LogP contribution in [0.4, 0.5) is 5.82 Å². The van der Waals surface area contributed by atoms with Gasteiger partial charge in [0, 0.05) is 23.4 Å². The first-order chi connectivity index (χ1) is 41.8. The number of amides is 1. The molecule has 4 aromatic carbocycles. The van der Waals surface area contributed by atoms with Crippen molar-refractivity contribution in [1.29, 1.82) is 5.26 Å². The van der Waals surface area contributed by atoms with Crippen LogP contribution in [0.15, 0.2) is 145 Å². The Balaban J connectivity index is 1.06. The van der Waals surface area contributed by atoms with E-state index in [0.717, 1.165) is 16.7 Å². The summed E-state index contributed by atoms with van der Waals surface area (Å²) in [4.78, 5) is 65.8. The van der Waals surface area contributed by atoms with E-state index < -0.39 is 97.1 Å². The zero-order chi connectivity index (χ0) is 61.7. The Bertz CT molecular complexity index is 3770. The molecule has 26 heteroatoms. The summed E-state index contributed by atoms with van der Waals surface area (Å²) in [5, 5.41) is 19.6. The fourth-order valence-electron chi connectivity index (χ4n) is 10.8. The predicted molar refractivity (Wildman–Crippen MR) is 327 cm³/mol. The third kappa shape index (κ3) is 13.3. The van der Waals surface area contributed by atoms with Gasteiger partial charge in [-0.25, -0.2) is 39.1 Å². The molecule has 454 valence electrons. The number of hydrogen-bond donors (Lipinski definition) is 4. The second-order valence-electron chi connectivity index (χ2n) is 23.4. The van der Waals surface area contributed by atoms with Crippen LogP contribution in [0.25, 0.3) is 22.3 Å². The van der Waals surface area contributed by atoms with Gasteiger partial charge in [-0.05, 0) is 47.0 Å². The van der Waals surface area contributed by atoms with Gasteiger partial charge in [-0.15, -0.1) is 0 Å². The topological polar surface area (TPSA) is 291 Å². The molecule has 2 saturated heterocycles. The van der Waals surface area contributed by atoms with Crippen molar-refractivity contribution in [2.24, 2.45) is 11.8 Å². The fraction of sp³-hybridized carbons (Fsp3) is 0.393. The number of Topliss-reactive ketones (excluding diaryl/α,β-unsaturated/α-hetero) is 1. The molecule has 0 saturated carbocycles. The lowest BCUT2D eigenvalue weighted by Gasteiger charge is -2.41. The summed E-state index contributed by atoms with van der Waals surface area (Å²) in [5.74, 6) is -1.05. The largest absolute Gasteiger partial charge is 0.408 e. The number of carbonyl (C=O) groups excluding carboxylic acids is 2. The summed E-state index contributed by atoms with van der Waals surface area (Å²) in [5.41, 5.74) is 2.21. The van der Waals surface area contributed by atoms with Crippen LogP contribution in [-0.2, 0) is 53.4 Å². The second-order valence-corrected chi connectivity index (χ2v) is 30.3. The van der Waals surface area contributed by atoms with Crippen molar-refractivity contribution in [1.82, 2.24) is 49.4 Å². The minimum atomic E-state index is -4.69. The molecule has 10 rings (SSSR count). The molecule has 2 aliphatic rings. The van der Waals surface area contributed by atoms with Crippen LogP contribution in [0.3, 0.4) is 0 Å². The number of aromatic nitrogens is 8. The Morgan fingerprint density at radius 2 is 1.37 bits per heavy atom. The maximum Gasteiger partial charge on any atom is 0.406 e.